The number of nitrogens with zero attached hydrogens (tertiary/aromatic N) is 2. The van der Waals surface area contributed by atoms with Crippen molar-refractivity contribution in [2.24, 2.45) is 11.8 Å². The molecule has 0 saturated carbocycles. The minimum Gasteiger partial charge on any atom is -0.497 e. The lowest BCUT2D eigenvalue weighted by Crippen LogP contribution is -2.41. The van der Waals surface area contributed by atoms with Gasteiger partial charge in [-0.3, -0.25) is 9.78 Å². The highest BCUT2D eigenvalue weighted by molar-refractivity contribution is 5.83. The highest BCUT2D eigenvalue weighted by Crippen LogP contribution is 2.35. The van der Waals surface area contributed by atoms with Crippen molar-refractivity contribution in [1.29, 1.82) is 0 Å². The Bertz CT molecular complexity index is 1080. The number of carboxylic acids is 1. The lowest BCUT2D eigenvalue weighted by Gasteiger charge is -2.39. The summed E-state index contributed by atoms with van der Waals surface area (Å²) in [6.07, 6.45) is 10.1. The first-order valence-electron chi connectivity index (χ1n) is 12.6. The Hall–Kier alpha value is -2.90. The van der Waals surface area contributed by atoms with E-state index >= 15 is 0 Å². The van der Waals surface area contributed by atoms with Crippen LogP contribution in [0.2, 0.25) is 0 Å². The van der Waals surface area contributed by atoms with Crippen molar-refractivity contribution < 1.29 is 24.2 Å². The van der Waals surface area contributed by atoms with Crippen LogP contribution in [-0.4, -0.2) is 52.8 Å². The van der Waals surface area contributed by atoms with Crippen molar-refractivity contribution in [2.75, 3.05) is 26.7 Å². The van der Waals surface area contributed by atoms with E-state index in [0.29, 0.717) is 24.7 Å². The molecule has 3 aromatic rings. The molecule has 7 heteroatoms. The molecule has 3 atom stereocenters. The van der Waals surface area contributed by atoms with E-state index in [9.17, 15) is 15.0 Å². The molecular formula is C28H36N2O5. The van der Waals surface area contributed by atoms with E-state index < -0.39 is 12.1 Å². The summed E-state index contributed by atoms with van der Waals surface area (Å²) in [5.74, 6) is 0.748. The van der Waals surface area contributed by atoms with Crippen LogP contribution in [0.15, 0.2) is 53.5 Å². The van der Waals surface area contributed by atoms with E-state index in [-0.39, 0.29) is 6.42 Å². The standard InChI is InChI=1S/C28H36N2O5/c1-34-23-6-7-26-25(17-23)24(10-13-29-26)27(31)8-4-21-11-15-30(18-22(21)5-9-28(32)33)14-2-3-20-12-16-35-19-20/h6-7,10,12-13,16-17,19,21-22,27,31H,2-5,8-9,11,14-15,18H2,1H3,(H,32,33)/t21?,22?,27-/m0/s1. The Labute approximate surface area is 206 Å². The first kappa shape index (κ1) is 25.2. The maximum absolute atomic E-state index is 11.3. The average Bonchev–Trinajstić information content (AvgIpc) is 3.39. The lowest BCUT2D eigenvalue weighted by molar-refractivity contribution is -0.137. The number of benzene rings is 1. The van der Waals surface area contributed by atoms with Crippen molar-refractivity contribution >= 4 is 16.9 Å². The number of carbonyl (C=O) groups is 1. The minimum absolute atomic E-state index is 0.196. The number of aliphatic hydroxyl groups excluding tert-OH is 1. The Morgan fingerprint density at radius 3 is 2.91 bits per heavy atom. The predicted octanol–water partition coefficient (Wildman–Crippen LogP) is 5.09. The van der Waals surface area contributed by atoms with E-state index in [0.717, 1.165) is 67.5 Å². The van der Waals surface area contributed by atoms with Crippen LogP contribution in [0.4, 0.5) is 0 Å². The SMILES string of the molecule is COc1ccc2nccc([C@@H](O)CCC3CCN(CCCc4ccoc4)CC3CCC(=O)O)c2c1. The average molecular weight is 481 g/mol. The van der Waals surface area contributed by atoms with Crippen molar-refractivity contribution in [3.63, 3.8) is 0 Å². The van der Waals surface area contributed by atoms with Gasteiger partial charge in [0, 0.05) is 24.5 Å². The number of fused-ring (bicyclic) bond motifs is 1. The van der Waals surface area contributed by atoms with Crippen molar-refractivity contribution in [3.8, 4) is 5.75 Å². The quantitative estimate of drug-likeness (QED) is 0.373. The molecule has 0 amide bonds. The summed E-state index contributed by atoms with van der Waals surface area (Å²) in [6, 6.07) is 9.61. The maximum Gasteiger partial charge on any atom is 0.303 e. The summed E-state index contributed by atoms with van der Waals surface area (Å²) >= 11 is 0. The number of ether oxygens (including phenoxy) is 1. The van der Waals surface area contributed by atoms with E-state index in [1.165, 1.54) is 5.56 Å². The number of carboxylic acid groups (broad SMARTS) is 1. The smallest absolute Gasteiger partial charge is 0.303 e. The fourth-order valence-electron chi connectivity index (χ4n) is 5.41. The van der Waals surface area contributed by atoms with Crippen LogP contribution in [0.25, 0.3) is 10.9 Å². The van der Waals surface area contributed by atoms with E-state index in [1.807, 2.05) is 30.3 Å². The second kappa shape index (κ2) is 12.2. The zero-order valence-corrected chi connectivity index (χ0v) is 20.4. The first-order chi connectivity index (χ1) is 17.0. The molecule has 0 spiro atoms. The van der Waals surface area contributed by atoms with Crippen molar-refractivity contribution in [2.45, 2.75) is 51.0 Å². The largest absolute Gasteiger partial charge is 0.497 e. The number of methoxy groups -OCH3 is 1. The van der Waals surface area contributed by atoms with Gasteiger partial charge >= 0.3 is 5.97 Å². The molecule has 4 rings (SSSR count). The Kier molecular flexibility index (Phi) is 8.77. The van der Waals surface area contributed by atoms with Crippen LogP contribution in [-0.2, 0) is 11.2 Å². The van der Waals surface area contributed by atoms with Crippen LogP contribution in [0, 0.1) is 11.8 Å². The van der Waals surface area contributed by atoms with Gasteiger partial charge in [-0.2, -0.15) is 0 Å². The summed E-state index contributed by atoms with van der Waals surface area (Å²) in [6.45, 7) is 2.95. The summed E-state index contributed by atoms with van der Waals surface area (Å²) in [7, 11) is 1.63. The Morgan fingerprint density at radius 2 is 2.14 bits per heavy atom. The van der Waals surface area contributed by atoms with Crippen molar-refractivity contribution in [1.82, 2.24) is 9.88 Å². The molecule has 1 fully saturated rings. The summed E-state index contributed by atoms with van der Waals surface area (Å²) in [5, 5.41) is 21.3. The van der Waals surface area contributed by atoms with Gasteiger partial charge in [0.15, 0.2) is 0 Å². The molecule has 35 heavy (non-hydrogen) atoms. The minimum atomic E-state index is -0.738. The highest BCUT2D eigenvalue weighted by Gasteiger charge is 2.30. The van der Waals surface area contributed by atoms with Gasteiger partial charge in [0.05, 0.1) is 31.3 Å². The Balaban J connectivity index is 1.36. The third kappa shape index (κ3) is 6.83. The monoisotopic (exact) mass is 480 g/mol. The second-order valence-electron chi connectivity index (χ2n) is 9.65. The van der Waals surface area contributed by atoms with Gasteiger partial charge in [-0.25, -0.2) is 0 Å². The number of rotatable bonds is 12. The number of pyridine rings is 1. The second-order valence-corrected chi connectivity index (χ2v) is 9.65. The molecule has 2 N–H and O–H groups in total. The molecule has 3 heterocycles. The number of aliphatic hydroxyl groups is 1. The number of aliphatic carboxylic acids is 1. The molecule has 7 nitrogen and oxygen atoms in total. The number of piperidine rings is 1. The fourth-order valence-corrected chi connectivity index (χ4v) is 5.41. The zero-order chi connectivity index (χ0) is 24.6. The maximum atomic E-state index is 11.3. The lowest BCUT2D eigenvalue weighted by atomic mass is 9.79. The van der Waals surface area contributed by atoms with Gasteiger partial charge in [0.25, 0.3) is 0 Å². The summed E-state index contributed by atoms with van der Waals surface area (Å²) in [4.78, 5) is 18.2. The molecule has 2 aromatic heterocycles. The molecule has 0 bridgehead atoms. The van der Waals surface area contributed by atoms with Gasteiger partial charge in [0.1, 0.15) is 5.75 Å². The number of hydrogen-bond acceptors (Lipinski definition) is 6. The summed E-state index contributed by atoms with van der Waals surface area (Å²) < 4.78 is 10.5. The molecule has 1 saturated heterocycles. The molecule has 0 radical (unpaired) electrons. The van der Waals surface area contributed by atoms with Gasteiger partial charge < -0.3 is 24.3 Å². The normalized spacial score (nSPS) is 19.6. The Morgan fingerprint density at radius 1 is 1.26 bits per heavy atom. The molecule has 2 unspecified atom stereocenters. The topological polar surface area (TPSA) is 96.0 Å². The van der Waals surface area contributed by atoms with Crippen LogP contribution < -0.4 is 4.74 Å². The number of likely N-dealkylation sites (tertiary alicyclic amines) is 1. The fraction of sp³-hybridized carbons (Fsp3) is 0.500. The van der Waals surface area contributed by atoms with Gasteiger partial charge in [0.2, 0.25) is 0 Å². The van der Waals surface area contributed by atoms with Gasteiger partial charge in [-0.1, -0.05) is 0 Å². The first-order valence-corrected chi connectivity index (χ1v) is 12.6. The highest BCUT2D eigenvalue weighted by atomic mass is 16.5. The third-order valence-corrected chi connectivity index (χ3v) is 7.38. The van der Waals surface area contributed by atoms with Crippen LogP contribution in [0.3, 0.4) is 0 Å². The van der Waals surface area contributed by atoms with Crippen LogP contribution in [0.5, 0.6) is 5.75 Å². The van der Waals surface area contributed by atoms with Crippen molar-refractivity contribution in [3.05, 3.63) is 60.2 Å². The molecular weight excluding hydrogens is 444 g/mol. The van der Waals surface area contributed by atoms with E-state index in [4.69, 9.17) is 9.15 Å². The third-order valence-electron chi connectivity index (χ3n) is 7.38. The number of furan rings is 1. The van der Waals surface area contributed by atoms with Crippen LogP contribution in [0.1, 0.15) is 55.8 Å². The van der Waals surface area contributed by atoms with E-state index in [1.54, 1.807) is 25.8 Å². The van der Waals surface area contributed by atoms with Gasteiger partial charge in [-0.15, -0.1) is 0 Å². The van der Waals surface area contributed by atoms with E-state index in [2.05, 4.69) is 9.88 Å². The number of aromatic nitrogens is 1. The molecule has 188 valence electrons. The van der Waals surface area contributed by atoms with Gasteiger partial charge in [-0.05, 0) is 105 Å². The molecule has 1 aromatic carbocycles. The molecule has 0 aliphatic carbocycles. The summed E-state index contributed by atoms with van der Waals surface area (Å²) in [5.41, 5.74) is 2.93. The molecule has 1 aliphatic heterocycles. The number of aryl methyl sites for hydroxylation is 1. The predicted molar refractivity (Wildman–Crippen MR) is 134 cm³/mol. The molecule has 1 aliphatic rings. The van der Waals surface area contributed by atoms with Crippen LogP contribution >= 0.6 is 0 Å². The number of hydrogen-bond donors (Lipinski definition) is 2. The zero-order valence-electron chi connectivity index (χ0n) is 20.4.